The van der Waals surface area contributed by atoms with E-state index in [1.807, 2.05) is 0 Å². The summed E-state index contributed by atoms with van der Waals surface area (Å²) in [7, 11) is 0. The standard InChI is InChI=1S/C23H22ClFN4O4/c1-3-28(13-20(30)26-16-6-9-18-19(12-16)33-11-10-32-18)23(31)21-14(2)27-29(22(21)24)17-7-4-15(25)5-8-17/h4-9,12H,3,10-11,13H2,1-2H3,(H,26,30). The number of benzene rings is 2. The van der Waals surface area contributed by atoms with Crippen LogP contribution in [0.2, 0.25) is 5.15 Å². The van der Waals surface area contributed by atoms with E-state index >= 15 is 0 Å². The molecule has 1 aliphatic rings. The third-order valence-corrected chi connectivity index (χ3v) is 5.47. The maximum Gasteiger partial charge on any atom is 0.259 e. The molecule has 2 heterocycles. The van der Waals surface area contributed by atoms with E-state index in [1.54, 1.807) is 32.0 Å². The molecule has 0 atom stereocenters. The van der Waals surface area contributed by atoms with E-state index in [2.05, 4.69) is 10.4 Å². The molecule has 172 valence electrons. The molecule has 1 aromatic heterocycles. The van der Waals surface area contributed by atoms with Gasteiger partial charge in [-0.2, -0.15) is 5.10 Å². The molecule has 0 spiro atoms. The van der Waals surface area contributed by atoms with Gasteiger partial charge >= 0.3 is 0 Å². The van der Waals surface area contributed by atoms with Gasteiger partial charge in [0, 0.05) is 18.3 Å². The second-order valence-corrected chi connectivity index (χ2v) is 7.72. The average molecular weight is 473 g/mol. The van der Waals surface area contributed by atoms with Crippen LogP contribution in [0.1, 0.15) is 23.0 Å². The van der Waals surface area contributed by atoms with Crippen LogP contribution in [-0.2, 0) is 4.79 Å². The van der Waals surface area contributed by atoms with Crippen LogP contribution in [0.15, 0.2) is 42.5 Å². The molecule has 0 radical (unpaired) electrons. The van der Waals surface area contributed by atoms with Crippen molar-refractivity contribution >= 4 is 29.1 Å². The second kappa shape index (κ2) is 9.50. The molecule has 0 saturated heterocycles. The molecule has 2 amide bonds. The van der Waals surface area contributed by atoms with Crippen LogP contribution in [0, 0.1) is 12.7 Å². The fraction of sp³-hybridized carbons (Fsp3) is 0.261. The zero-order valence-corrected chi connectivity index (χ0v) is 18.9. The molecule has 0 fully saturated rings. The maximum atomic E-state index is 13.3. The average Bonchev–Trinajstić information content (AvgIpc) is 3.11. The normalized spacial score (nSPS) is 12.4. The Kier molecular flexibility index (Phi) is 6.50. The lowest BCUT2D eigenvalue weighted by Crippen LogP contribution is -2.38. The highest BCUT2D eigenvalue weighted by Crippen LogP contribution is 2.32. The zero-order valence-electron chi connectivity index (χ0n) is 18.1. The van der Waals surface area contributed by atoms with Crippen molar-refractivity contribution in [2.45, 2.75) is 13.8 Å². The third kappa shape index (κ3) is 4.78. The van der Waals surface area contributed by atoms with Gasteiger partial charge in [0.1, 0.15) is 30.7 Å². The number of nitrogens with zero attached hydrogens (tertiary/aromatic N) is 3. The Bertz CT molecular complexity index is 1200. The highest BCUT2D eigenvalue weighted by Gasteiger charge is 2.26. The lowest BCUT2D eigenvalue weighted by atomic mass is 10.2. The van der Waals surface area contributed by atoms with Crippen molar-refractivity contribution in [1.82, 2.24) is 14.7 Å². The third-order valence-electron chi connectivity index (χ3n) is 5.12. The van der Waals surface area contributed by atoms with Crippen LogP contribution in [0.5, 0.6) is 11.5 Å². The molecule has 1 N–H and O–H groups in total. The van der Waals surface area contributed by atoms with Crippen LogP contribution in [0.3, 0.4) is 0 Å². The van der Waals surface area contributed by atoms with E-state index in [0.717, 1.165) is 0 Å². The Morgan fingerprint density at radius 1 is 1.15 bits per heavy atom. The smallest absolute Gasteiger partial charge is 0.259 e. The Hall–Kier alpha value is -3.59. The molecule has 2 aromatic carbocycles. The molecular weight excluding hydrogens is 451 g/mol. The van der Waals surface area contributed by atoms with Crippen molar-refractivity contribution in [3.63, 3.8) is 0 Å². The molecule has 0 saturated carbocycles. The first-order valence-electron chi connectivity index (χ1n) is 10.4. The number of aromatic nitrogens is 2. The zero-order chi connectivity index (χ0) is 23.5. The number of fused-ring (bicyclic) bond motifs is 1. The Balaban J connectivity index is 1.49. The quantitative estimate of drug-likeness (QED) is 0.589. The van der Waals surface area contributed by atoms with Gasteiger partial charge in [0.2, 0.25) is 5.91 Å². The number of hydrogen-bond acceptors (Lipinski definition) is 5. The first kappa shape index (κ1) is 22.6. The van der Waals surface area contributed by atoms with E-state index in [9.17, 15) is 14.0 Å². The van der Waals surface area contributed by atoms with Crippen molar-refractivity contribution in [3.8, 4) is 17.2 Å². The fourth-order valence-corrected chi connectivity index (χ4v) is 3.83. The predicted octanol–water partition coefficient (Wildman–Crippen LogP) is 3.85. The maximum absolute atomic E-state index is 13.3. The molecule has 8 nitrogen and oxygen atoms in total. The summed E-state index contributed by atoms with van der Waals surface area (Å²) in [5.74, 6) is -0.0190. The summed E-state index contributed by atoms with van der Waals surface area (Å²) in [6.45, 7) is 4.44. The molecule has 0 aliphatic carbocycles. The summed E-state index contributed by atoms with van der Waals surface area (Å²) >= 11 is 6.47. The summed E-state index contributed by atoms with van der Waals surface area (Å²) in [6.07, 6.45) is 0. The van der Waals surface area contributed by atoms with Gasteiger partial charge in [-0.25, -0.2) is 9.07 Å². The minimum absolute atomic E-state index is 0.0924. The van der Waals surface area contributed by atoms with Crippen molar-refractivity contribution in [2.75, 3.05) is 31.6 Å². The Morgan fingerprint density at radius 3 is 2.55 bits per heavy atom. The molecule has 1 aliphatic heterocycles. The number of nitrogens with one attached hydrogen (secondary N) is 1. The van der Waals surface area contributed by atoms with Crippen LogP contribution in [-0.4, -0.2) is 52.8 Å². The number of ether oxygens (including phenoxy) is 2. The van der Waals surface area contributed by atoms with Gasteiger partial charge in [0.15, 0.2) is 11.5 Å². The van der Waals surface area contributed by atoms with Crippen molar-refractivity contribution in [1.29, 1.82) is 0 Å². The number of rotatable bonds is 6. The molecule has 3 aromatic rings. The van der Waals surface area contributed by atoms with Crippen molar-refractivity contribution in [3.05, 3.63) is 64.7 Å². The number of carbonyl (C=O) groups excluding carboxylic acids is 2. The summed E-state index contributed by atoms with van der Waals surface area (Å²) in [4.78, 5) is 27.2. The van der Waals surface area contributed by atoms with Crippen molar-refractivity contribution in [2.24, 2.45) is 0 Å². The predicted molar refractivity (Wildman–Crippen MR) is 121 cm³/mol. The first-order chi connectivity index (χ1) is 15.9. The topological polar surface area (TPSA) is 85.7 Å². The first-order valence-corrected chi connectivity index (χ1v) is 10.7. The minimum Gasteiger partial charge on any atom is -0.486 e. The van der Waals surface area contributed by atoms with Gasteiger partial charge in [0.05, 0.1) is 16.9 Å². The number of anilines is 1. The van der Waals surface area contributed by atoms with Crippen LogP contribution in [0.25, 0.3) is 5.69 Å². The van der Waals surface area contributed by atoms with Gasteiger partial charge in [-0.3, -0.25) is 9.59 Å². The van der Waals surface area contributed by atoms with Gasteiger partial charge in [-0.1, -0.05) is 11.6 Å². The molecular formula is C23H22ClFN4O4. The van der Waals surface area contributed by atoms with E-state index in [1.165, 1.54) is 33.8 Å². The lowest BCUT2D eigenvalue weighted by Gasteiger charge is -2.21. The minimum atomic E-state index is -0.425. The fourth-order valence-electron chi connectivity index (χ4n) is 3.48. The summed E-state index contributed by atoms with van der Waals surface area (Å²) in [6, 6.07) is 10.7. The summed E-state index contributed by atoms with van der Waals surface area (Å²) in [5.41, 5.74) is 1.64. The van der Waals surface area contributed by atoms with Crippen LogP contribution in [0.4, 0.5) is 10.1 Å². The second-order valence-electron chi connectivity index (χ2n) is 7.37. The number of amides is 2. The Labute approximate surface area is 194 Å². The molecule has 0 unspecified atom stereocenters. The highest BCUT2D eigenvalue weighted by atomic mass is 35.5. The highest BCUT2D eigenvalue weighted by molar-refractivity contribution is 6.33. The van der Waals surface area contributed by atoms with E-state index in [-0.39, 0.29) is 29.7 Å². The lowest BCUT2D eigenvalue weighted by molar-refractivity contribution is -0.116. The van der Waals surface area contributed by atoms with Crippen LogP contribution >= 0.6 is 11.6 Å². The molecule has 4 rings (SSSR count). The van der Waals surface area contributed by atoms with Gasteiger partial charge < -0.3 is 19.7 Å². The number of halogens is 2. The van der Waals surface area contributed by atoms with E-state index in [0.29, 0.717) is 41.8 Å². The number of carbonyl (C=O) groups is 2. The molecule has 33 heavy (non-hydrogen) atoms. The van der Waals surface area contributed by atoms with Gasteiger partial charge in [0.25, 0.3) is 5.91 Å². The monoisotopic (exact) mass is 472 g/mol. The number of likely N-dealkylation sites (N-methyl/N-ethyl adjacent to an activating group) is 1. The van der Waals surface area contributed by atoms with Gasteiger partial charge in [-0.15, -0.1) is 0 Å². The largest absolute Gasteiger partial charge is 0.486 e. The summed E-state index contributed by atoms with van der Waals surface area (Å²) in [5, 5.41) is 7.19. The van der Waals surface area contributed by atoms with Gasteiger partial charge in [-0.05, 0) is 50.2 Å². The molecule has 10 heteroatoms. The number of aryl methyl sites for hydroxylation is 1. The van der Waals surface area contributed by atoms with Crippen LogP contribution < -0.4 is 14.8 Å². The molecule has 0 bridgehead atoms. The SMILES string of the molecule is CCN(CC(=O)Nc1ccc2c(c1)OCCO2)C(=O)c1c(C)nn(-c2ccc(F)cc2)c1Cl. The van der Waals surface area contributed by atoms with E-state index < -0.39 is 11.7 Å². The van der Waals surface area contributed by atoms with E-state index in [4.69, 9.17) is 21.1 Å². The number of hydrogen-bond donors (Lipinski definition) is 1. The Morgan fingerprint density at radius 2 is 1.85 bits per heavy atom. The van der Waals surface area contributed by atoms with Crippen molar-refractivity contribution < 1.29 is 23.5 Å². The summed E-state index contributed by atoms with van der Waals surface area (Å²) < 4.78 is 25.6.